The molecule has 3 heterocycles. The number of nitrogens with zero attached hydrogens (tertiary/aromatic N) is 5. The Morgan fingerprint density at radius 1 is 1.28 bits per heavy atom. The van der Waals surface area contributed by atoms with Gasteiger partial charge in [-0.15, -0.1) is 5.92 Å². The Morgan fingerprint density at radius 3 is 2.86 bits per heavy atom. The lowest BCUT2D eigenvalue weighted by atomic mass is 9.95. The minimum absolute atomic E-state index is 0.143. The van der Waals surface area contributed by atoms with E-state index in [1.807, 2.05) is 49.0 Å². The minimum Gasteiger partial charge on any atom is -0.399 e. The monoisotopic (exact) mass is 496 g/mol. The van der Waals surface area contributed by atoms with Gasteiger partial charge in [-0.05, 0) is 56.5 Å². The summed E-state index contributed by atoms with van der Waals surface area (Å²) < 4.78 is 1.95. The Kier molecular flexibility index (Phi) is 6.36. The fourth-order valence-electron chi connectivity index (χ4n) is 4.26. The Balaban J connectivity index is 1.75. The van der Waals surface area contributed by atoms with Crippen LogP contribution in [0.25, 0.3) is 27.5 Å². The highest BCUT2D eigenvalue weighted by atomic mass is 32.1. The van der Waals surface area contributed by atoms with Crippen LogP contribution in [0.2, 0.25) is 0 Å². The van der Waals surface area contributed by atoms with Crippen LogP contribution >= 0.6 is 11.3 Å². The second-order valence-corrected chi connectivity index (χ2v) is 9.32. The third-order valence-corrected chi connectivity index (χ3v) is 6.81. The number of carbonyl (C=O) groups is 1. The number of hydrogen-bond donors (Lipinski definition) is 1. The summed E-state index contributed by atoms with van der Waals surface area (Å²) in [4.78, 5) is 26.7. The van der Waals surface area contributed by atoms with Crippen molar-refractivity contribution in [2.45, 2.75) is 33.6 Å². The first kappa shape index (κ1) is 23.5. The predicted molar refractivity (Wildman–Crippen MR) is 142 cm³/mol. The van der Waals surface area contributed by atoms with Gasteiger partial charge < -0.3 is 10.2 Å². The van der Waals surface area contributed by atoms with Crippen LogP contribution in [-0.4, -0.2) is 39.0 Å². The van der Waals surface area contributed by atoms with E-state index in [4.69, 9.17) is 14.9 Å². The lowest BCUT2D eigenvalue weighted by Gasteiger charge is -2.15. The molecule has 0 radical (unpaired) electrons. The van der Waals surface area contributed by atoms with Gasteiger partial charge in [-0.3, -0.25) is 9.78 Å². The van der Waals surface area contributed by atoms with Crippen molar-refractivity contribution in [2.75, 3.05) is 12.4 Å². The molecule has 1 aliphatic rings. The normalized spacial score (nSPS) is 12.0. The fourth-order valence-corrected chi connectivity index (χ4v) is 5.37. The standard InChI is InChI=1S/C27H24N6O2S/c1-5-6-19-13-18(14-29-35-4)8-12-23(19)33-25-21(24(32-33)20-9-7-16(2)28-15-20)10-11-22-26(25)36-27(31-22)30-17(3)34/h7-9,12-15H,10-11H2,1-4H3,(H,30,31,34). The average molecular weight is 497 g/mol. The van der Waals surface area contributed by atoms with Crippen LogP contribution in [0.3, 0.4) is 0 Å². The van der Waals surface area contributed by atoms with E-state index in [0.717, 1.165) is 68.4 Å². The summed E-state index contributed by atoms with van der Waals surface area (Å²) >= 11 is 1.47. The molecular weight excluding hydrogens is 472 g/mol. The molecule has 0 fully saturated rings. The van der Waals surface area contributed by atoms with E-state index in [0.29, 0.717) is 5.13 Å². The van der Waals surface area contributed by atoms with Crippen LogP contribution in [0.15, 0.2) is 41.7 Å². The van der Waals surface area contributed by atoms with Crippen LogP contribution in [0.1, 0.15) is 41.9 Å². The van der Waals surface area contributed by atoms with Crippen LogP contribution in [-0.2, 0) is 22.5 Å². The van der Waals surface area contributed by atoms with Gasteiger partial charge in [-0.1, -0.05) is 28.5 Å². The largest absolute Gasteiger partial charge is 0.399 e. The third kappa shape index (κ3) is 4.39. The molecule has 0 bridgehead atoms. The quantitative estimate of drug-likeness (QED) is 0.244. The van der Waals surface area contributed by atoms with E-state index in [-0.39, 0.29) is 5.91 Å². The SMILES string of the molecule is CC#Cc1cc(C=NOC)ccc1-n1nc(-c2ccc(C)nc2)c2c1-c1sc(NC(C)=O)nc1CC2. The number of aromatic nitrogens is 4. The van der Waals surface area contributed by atoms with Gasteiger partial charge in [0.05, 0.1) is 39.4 Å². The van der Waals surface area contributed by atoms with E-state index in [9.17, 15) is 4.79 Å². The first-order valence-corrected chi connectivity index (χ1v) is 12.3. The molecule has 0 atom stereocenters. The van der Waals surface area contributed by atoms with Crippen molar-refractivity contribution in [1.29, 1.82) is 0 Å². The third-order valence-electron chi connectivity index (χ3n) is 5.79. The molecule has 1 aromatic carbocycles. The van der Waals surface area contributed by atoms with Gasteiger partial charge in [-0.25, -0.2) is 9.67 Å². The van der Waals surface area contributed by atoms with Crippen molar-refractivity contribution in [3.8, 4) is 39.4 Å². The van der Waals surface area contributed by atoms with Crippen LogP contribution in [0.5, 0.6) is 0 Å². The molecular formula is C27H24N6O2S. The average Bonchev–Trinajstić information content (AvgIpc) is 3.44. The number of benzene rings is 1. The van der Waals surface area contributed by atoms with E-state index >= 15 is 0 Å². The van der Waals surface area contributed by atoms with Crippen LogP contribution < -0.4 is 5.32 Å². The first-order valence-electron chi connectivity index (χ1n) is 11.4. The Labute approximate surface area is 213 Å². The summed E-state index contributed by atoms with van der Waals surface area (Å²) in [6.07, 6.45) is 5.06. The van der Waals surface area contributed by atoms with Gasteiger partial charge in [0, 0.05) is 29.9 Å². The van der Waals surface area contributed by atoms with Crippen molar-refractivity contribution >= 4 is 28.6 Å². The summed E-state index contributed by atoms with van der Waals surface area (Å²) in [6, 6.07) is 9.96. The van der Waals surface area contributed by atoms with Gasteiger partial charge in [0.1, 0.15) is 7.11 Å². The zero-order valence-corrected chi connectivity index (χ0v) is 21.2. The Bertz CT molecular complexity index is 1550. The molecule has 1 amide bonds. The van der Waals surface area contributed by atoms with Gasteiger partial charge in [0.15, 0.2) is 5.13 Å². The maximum absolute atomic E-state index is 11.7. The zero-order valence-electron chi connectivity index (χ0n) is 20.4. The lowest BCUT2D eigenvalue weighted by molar-refractivity contribution is -0.114. The van der Waals surface area contributed by atoms with E-state index in [1.54, 1.807) is 6.21 Å². The molecule has 8 nitrogen and oxygen atoms in total. The molecule has 0 aliphatic heterocycles. The van der Waals surface area contributed by atoms with E-state index < -0.39 is 0 Å². The summed E-state index contributed by atoms with van der Waals surface area (Å²) in [5.41, 5.74) is 8.39. The number of aryl methyl sites for hydroxylation is 2. The zero-order chi connectivity index (χ0) is 25.2. The van der Waals surface area contributed by atoms with Gasteiger partial charge in [0.25, 0.3) is 0 Å². The number of nitrogens with one attached hydrogen (secondary N) is 1. The molecule has 5 rings (SSSR count). The molecule has 4 aromatic rings. The summed E-state index contributed by atoms with van der Waals surface area (Å²) in [5, 5.41) is 12.4. The number of thiazole rings is 1. The smallest absolute Gasteiger partial charge is 0.223 e. The second kappa shape index (κ2) is 9.76. The molecule has 3 aromatic heterocycles. The lowest BCUT2D eigenvalue weighted by Crippen LogP contribution is -2.08. The number of rotatable bonds is 5. The fraction of sp³-hybridized carbons (Fsp3) is 0.222. The van der Waals surface area contributed by atoms with Crippen molar-refractivity contribution in [3.63, 3.8) is 0 Å². The highest BCUT2D eigenvalue weighted by Crippen LogP contribution is 2.44. The minimum atomic E-state index is -0.143. The highest BCUT2D eigenvalue weighted by Gasteiger charge is 2.30. The van der Waals surface area contributed by atoms with Gasteiger partial charge in [-0.2, -0.15) is 5.10 Å². The molecule has 36 heavy (non-hydrogen) atoms. The molecule has 0 saturated carbocycles. The van der Waals surface area contributed by atoms with E-state index in [1.165, 1.54) is 25.4 Å². The number of fused-ring (bicyclic) bond motifs is 3. The topological polar surface area (TPSA) is 94.3 Å². The number of amides is 1. The second-order valence-electron chi connectivity index (χ2n) is 8.32. The van der Waals surface area contributed by atoms with Gasteiger partial charge in [0.2, 0.25) is 5.91 Å². The molecule has 0 saturated heterocycles. The molecule has 180 valence electrons. The van der Waals surface area contributed by atoms with Crippen LogP contribution in [0, 0.1) is 18.8 Å². The van der Waals surface area contributed by atoms with Gasteiger partial charge >= 0.3 is 0 Å². The Morgan fingerprint density at radius 2 is 2.14 bits per heavy atom. The molecule has 0 unspecified atom stereocenters. The first-order chi connectivity index (χ1) is 17.5. The van der Waals surface area contributed by atoms with Crippen molar-refractivity contribution < 1.29 is 9.63 Å². The maximum Gasteiger partial charge on any atom is 0.223 e. The summed E-state index contributed by atoms with van der Waals surface area (Å²) in [7, 11) is 1.51. The van der Waals surface area contributed by atoms with Crippen molar-refractivity contribution in [3.05, 3.63) is 64.6 Å². The molecule has 1 N–H and O–H groups in total. The Hall–Kier alpha value is -4.29. The number of hydrogen-bond acceptors (Lipinski definition) is 7. The summed E-state index contributed by atoms with van der Waals surface area (Å²) in [6.45, 7) is 5.26. The molecule has 1 aliphatic carbocycles. The number of oxime groups is 1. The number of pyridine rings is 1. The van der Waals surface area contributed by atoms with Crippen molar-refractivity contribution in [2.24, 2.45) is 5.16 Å². The molecule has 0 spiro atoms. The van der Waals surface area contributed by atoms with E-state index in [2.05, 4.69) is 33.4 Å². The highest BCUT2D eigenvalue weighted by molar-refractivity contribution is 7.19. The number of anilines is 1. The molecule has 9 heteroatoms. The predicted octanol–water partition coefficient (Wildman–Crippen LogP) is 4.77. The van der Waals surface area contributed by atoms with Crippen LogP contribution in [0.4, 0.5) is 5.13 Å². The maximum atomic E-state index is 11.7. The number of carbonyl (C=O) groups excluding carboxylic acids is 1. The summed E-state index contributed by atoms with van der Waals surface area (Å²) in [5.74, 6) is 6.08. The van der Waals surface area contributed by atoms with Crippen molar-refractivity contribution in [1.82, 2.24) is 19.7 Å².